The highest BCUT2D eigenvalue weighted by atomic mass is 19.1. The number of halogens is 1. The van der Waals surface area contributed by atoms with Gasteiger partial charge < -0.3 is 5.32 Å². The van der Waals surface area contributed by atoms with Crippen LogP contribution in [0.1, 0.15) is 31.0 Å². The lowest BCUT2D eigenvalue weighted by atomic mass is 10.0. The van der Waals surface area contributed by atoms with Crippen LogP contribution in [0.2, 0.25) is 0 Å². The van der Waals surface area contributed by atoms with Gasteiger partial charge in [0.1, 0.15) is 0 Å². The lowest BCUT2D eigenvalue weighted by Gasteiger charge is -2.16. The summed E-state index contributed by atoms with van der Waals surface area (Å²) in [7, 11) is 0. The third-order valence-electron chi connectivity index (χ3n) is 3.42. The minimum absolute atomic E-state index is 0.0169. The number of hydrogen-bond acceptors (Lipinski definition) is 3. The second kappa shape index (κ2) is 6.35. The van der Waals surface area contributed by atoms with Gasteiger partial charge in [0, 0.05) is 23.9 Å². The van der Waals surface area contributed by atoms with Crippen LogP contribution in [0.5, 0.6) is 0 Å². The molecule has 2 aromatic carbocycles. The summed E-state index contributed by atoms with van der Waals surface area (Å²) in [5.74, 6) is -0.835. The first kappa shape index (κ1) is 15.0. The quantitative estimate of drug-likeness (QED) is 0.652. The summed E-state index contributed by atoms with van der Waals surface area (Å²) < 4.78 is 13.6. The molecule has 0 bridgehead atoms. The smallest absolute Gasteiger partial charge is 0.304 e. The van der Waals surface area contributed by atoms with E-state index in [1.54, 1.807) is 0 Å². The molecule has 0 aliphatic heterocycles. The van der Waals surface area contributed by atoms with Gasteiger partial charge in [0.05, 0.1) is 4.92 Å². The maximum absolute atomic E-state index is 13.6. The molecule has 0 aliphatic rings. The second-order valence-electron chi connectivity index (χ2n) is 4.88. The molecular formula is C16H17FN2O2. The van der Waals surface area contributed by atoms with Crippen LogP contribution in [0, 0.1) is 15.9 Å². The molecule has 21 heavy (non-hydrogen) atoms. The molecule has 2 aromatic rings. The van der Waals surface area contributed by atoms with E-state index >= 15 is 0 Å². The van der Waals surface area contributed by atoms with E-state index in [-0.39, 0.29) is 6.04 Å². The van der Waals surface area contributed by atoms with E-state index in [4.69, 9.17) is 0 Å². The molecule has 5 heteroatoms. The van der Waals surface area contributed by atoms with Crippen molar-refractivity contribution >= 4 is 11.4 Å². The van der Waals surface area contributed by atoms with Crippen LogP contribution in [0.4, 0.5) is 15.8 Å². The van der Waals surface area contributed by atoms with Crippen LogP contribution >= 0.6 is 0 Å². The molecule has 0 saturated carbocycles. The third kappa shape index (κ3) is 3.56. The molecule has 0 saturated heterocycles. The number of nitro groups is 1. The minimum Gasteiger partial charge on any atom is -0.378 e. The first-order valence-electron chi connectivity index (χ1n) is 6.80. The van der Waals surface area contributed by atoms with E-state index in [9.17, 15) is 14.5 Å². The molecule has 0 spiro atoms. The van der Waals surface area contributed by atoms with Crippen LogP contribution < -0.4 is 5.32 Å². The predicted octanol–water partition coefficient (Wildman–Crippen LogP) is 4.47. The van der Waals surface area contributed by atoms with Crippen LogP contribution in [0.25, 0.3) is 0 Å². The summed E-state index contributed by atoms with van der Waals surface area (Å²) >= 11 is 0. The number of nitrogens with one attached hydrogen (secondary N) is 1. The highest BCUT2D eigenvalue weighted by Gasteiger charge is 2.14. The van der Waals surface area contributed by atoms with Crippen molar-refractivity contribution < 1.29 is 9.31 Å². The molecule has 0 radical (unpaired) electrons. The number of hydrogen-bond donors (Lipinski definition) is 1. The van der Waals surface area contributed by atoms with Gasteiger partial charge in [-0.3, -0.25) is 10.1 Å². The predicted molar refractivity (Wildman–Crippen MR) is 80.9 cm³/mol. The lowest BCUT2D eigenvalue weighted by Crippen LogP contribution is -2.07. The number of nitrogens with zero attached hydrogens (tertiary/aromatic N) is 1. The largest absolute Gasteiger partial charge is 0.378 e. The molecule has 110 valence electrons. The normalized spacial score (nSPS) is 12.0. The number of rotatable bonds is 5. The van der Waals surface area contributed by atoms with Gasteiger partial charge in [-0.1, -0.05) is 31.2 Å². The molecule has 2 rings (SSSR count). The monoisotopic (exact) mass is 288 g/mol. The summed E-state index contributed by atoms with van der Waals surface area (Å²) in [6.45, 7) is 4.05. The molecule has 1 atom stereocenters. The van der Waals surface area contributed by atoms with Crippen molar-refractivity contribution in [1.29, 1.82) is 0 Å². The molecule has 0 heterocycles. The van der Waals surface area contributed by atoms with Gasteiger partial charge in [-0.15, -0.1) is 0 Å². The Kier molecular flexibility index (Phi) is 4.52. The van der Waals surface area contributed by atoms with E-state index in [1.165, 1.54) is 17.7 Å². The lowest BCUT2D eigenvalue weighted by molar-refractivity contribution is -0.387. The van der Waals surface area contributed by atoms with E-state index in [0.717, 1.165) is 18.1 Å². The Morgan fingerprint density at radius 3 is 2.43 bits per heavy atom. The van der Waals surface area contributed by atoms with Gasteiger partial charge in [-0.25, -0.2) is 0 Å². The number of nitro benzene ring substituents is 1. The first-order valence-corrected chi connectivity index (χ1v) is 6.80. The van der Waals surface area contributed by atoms with Crippen molar-refractivity contribution in [1.82, 2.24) is 0 Å². The van der Waals surface area contributed by atoms with Crippen molar-refractivity contribution in [2.45, 2.75) is 26.3 Å². The zero-order valence-corrected chi connectivity index (χ0v) is 12.0. The van der Waals surface area contributed by atoms with Crippen molar-refractivity contribution in [3.05, 3.63) is 69.5 Å². The van der Waals surface area contributed by atoms with Gasteiger partial charge in [0.2, 0.25) is 5.82 Å². The molecule has 1 N–H and O–H groups in total. The standard InChI is InChI=1S/C16H17FN2O2/c1-3-12-4-6-13(7-5-12)11(2)18-14-8-9-16(19(20)21)15(17)10-14/h4-11,18H,3H2,1-2H3. The molecular weight excluding hydrogens is 271 g/mol. The Morgan fingerprint density at radius 2 is 1.90 bits per heavy atom. The molecule has 1 unspecified atom stereocenters. The zero-order valence-electron chi connectivity index (χ0n) is 12.0. The highest BCUT2D eigenvalue weighted by Crippen LogP contribution is 2.24. The molecule has 0 amide bonds. The Labute approximate surface area is 122 Å². The van der Waals surface area contributed by atoms with Crippen LogP contribution in [0.3, 0.4) is 0 Å². The molecule has 0 aliphatic carbocycles. The summed E-state index contributed by atoms with van der Waals surface area (Å²) in [6.07, 6.45) is 0.982. The fraction of sp³-hybridized carbons (Fsp3) is 0.250. The summed E-state index contributed by atoms with van der Waals surface area (Å²) in [4.78, 5) is 9.85. The SMILES string of the molecule is CCc1ccc(C(C)Nc2ccc([N+](=O)[O-])c(F)c2)cc1. The highest BCUT2D eigenvalue weighted by molar-refractivity contribution is 5.51. The Bertz CT molecular complexity index is 641. The fourth-order valence-electron chi connectivity index (χ4n) is 2.12. The Morgan fingerprint density at radius 1 is 1.24 bits per heavy atom. The Balaban J connectivity index is 2.13. The first-order chi connectivity index (χ1) is 10.0. The number of anilines is 1. The van der Waals surface area contributed by atoms with Gasteiger partial charge in [0.15, 0.2) is 0 Å². The summed E-state index contributed by atoms with van der Waals surface area (Å²) in [5.41, 5.74) is 2.34. The summed E-state index contributed by atoms with van der Waals surface area (Å²) in [5, 5.41) is 13.7. The second-order valence-corrected chi connectivity index (χ2v) is 4.88. The van der Waals surface area contributed by atoms with Crippen molar-refractivity contribution in [3.8, 4) is 0 Å². The average Bonchev–Trinajstić information content (AvgIpc) is 2.47. The third-order valence-corrected chi connectivity index (χ3v) is 3.42. The van der Waals surface area contributed by atoms with Gasteiger partial charge in [-0.05, 0) is 30.5 Å². The molecule has 0 fully saturated rings. The van der Waals surface area contributed by atoms with Crippen LogP contribution in [0.15, 0.2) is 42.5 Å². The van der Waals surface area contributed by atoms with E-state index in [2.05, 4.69) is 24.4 Å². The number of benzene rings is 2. The fourth-order valence-corrected chi connectivity index (χ4v) is 2.12. The van der Waals surface area contributed by atoms with Crippen molar-refractivity contribution in [2.75, 3.05) is 5.32 Å². The molecule has 4 nitrogen and oxygen atoms in total. The van der Waals surface area contributed by atoms with E-state index < -0.39 is 16.4 Å². The zero-order chi connectivity index (χ0) is 15.4. The topological polar surface area (TPSA) is 55.2 Å². The maximum atomic E-state index is 13.6. The van der Waals surface area contributed by atoms with E-state index in [0.29, 0.717) is 5.69 Å². The van der Waals surface area contributed by atoms with E-state index in [1.807, 2.05) is 19.1 Å². The van der Waals surface area contributed by atoms with Crippen molar-refractivity contribution in [3.63, 3.8) is 0 Å². The Hall–Kier alpha value is -2.43. The van der Waals surface area contributed by atoms with Crippen LogP contribution in [-0.4, -0.2) is 4.92 Å². The number of aryl methyl sites for hydroxylation is 1. The summed E-state index contributed by atoms with van der Waals surface area (Å²) in [6, 6.07) is 12.0. The average molecular weight is 288 g/mol. The van der Waals surface area contributed by atoms with Crippen LogP contribution in [-0.2, 0) is 6.42 Å². The minimum atomic E-state index is -0.835. The van der Waals surface area contributed by atoms with Gasteiger partial charge >= 0.3 is 5.69 Å². The van der Waals surface area contributed by atoms with Gasteiger partial charge in [-0.2, -0.15) is 4.39 Å². The maximum Gasteiger partial charge on any atom is 0.304 e. The van der Waals surface area contributed by atoms with Gasteiger partial charge in [0.25, 0.3) is 0 Å². The molecule has 0 aromatic heterocycles. The van der Waals surface area contributed by atoms with Crippen molar-refractivity contribution in [2.24, 2.45) is 0 Å².